The van der Waals surface area contributed by atoms with Crippen LogP contribution in [0.25, 0.3) is 0 Å². The monoisotopic (exact) mass is 255 g/mol. The average molecular weight is 256 g/mol. The molecule has 82 valence electrons. The Morgan fingerprint density at radius 1 is 1.50 bits per heavy atom. The van der Waals surface area contributed by atoms with Gasteiger partial charge in [0, 0.05) is 12.6 Å². The number of halogens is 2. The van der Waals surface area contributed by atoms with Gasteiger partial charge in [-0.05, 0) is 17.7 Å². The SMILES string of the molecule is O=C(Cc1ccc(Cl)c(F)c1)c1cncs1. The highest BCUT2D eigenvalue weighted by Crippen LogP contribution is 2.17. The average Bonchev–Trinajstić information content (AvgIpc) is 2.77. The van der Waals surface area contributed by atoms with E-state index in [0.29, 0.717) is 10.4 Å². The van der Waals surface area contributed by atoms with E-state index in [0.717, 1.165) is 0 Å². The van der Waals surface area contributed by atoms with Gasteiger partial charge < -0.3 is 0 Å². The second kappa shape index (κ2) is 4.72. The van der Waals surface area contributed by atoms with Crippen LogP contribution in [0.2, 0.25) is 5.02 Å². The Labute approximate surface area is 101 Å². The summed E-state index contributed by atoms with van der Waals surface area (Å²) in [6.07, 6.45) is 1.68. The van der Waals surface area contributed by atoms with Gasteiger partial charge >= 0.3 is 0 Å². The molecule has 0 aliphatic carbocycles. The number of benzene rings is 1. The molecule has 1 aromatic carbocycles. The van der Waals surface area contributed by atoms with Crippen LogP contribution < -0.4 is 0 Å². The summed E-state index contributed by atoms with van der Waals surface area (Å²) in [6.45, 7) is 0. The molecule has 0 N–H and O–H groups in total. The fourth-order valence-corrected chi connectivity index (χ4v) is 1.95. The largest absolute Gasteiger partial charge is 0.293 e. The Balaban J connectivity index is 2.15. The summed E-state index contributed by atoms with van der Waals surface area (Å²) < 4.78 is 13.1. The van der Waals surface area contributed by atoms with E-state index in [-0.39, 0.29) is 17.2 Å². The number of nitrogens with zero attached hydrogens (tertiary/aromatic N) is 1. The van der Waals surface area contributed by atoms with Gasteiger partial charge in [-0.3, -0.25) is 9.78 Å². The van der Waals surface area contributed by atoms with Crippen molar-refractivity contribution >= 4 is 28.7 Å². The first-order chi connectivity index (χ1) is 7.66. The minimum atomic E-state index is -0.503. The standard InChI is InChI=1S/C11H7ClFNOS/c12-8-2-1-7(3-9(8)13)4-10(15)11-5-14-6-16-11/h1-3,5-6H,4H2. The normalized spacial score (nSPS) is 10.4. The van der Waals surface area contributed by atoms with Crippen molar-refractivity contribution in [3.63, 3.8) is 0 Å². The first-order valence-electron chi connectivity index (χ1n) is 4.52. The van der Waals surface area contributed by atoms with Crippen LogP contribution in [-0.2, 0) is 6.42 Å². The summed E-state index contributed by atoms with van der Waals surface area (Å²) in [4.78, 5) is 16.1. The Morgan fingerprint density at radius 2 is 2.31 bits per heavy atom. The van der Waals surface area contributed by atoms with Gasteiger partial charge in [-0.25, -0.2) is 4.39 Å². The molecule has 0 fully saturated rings. The summed E-state index contributed by atoms with van der Waals surface area (Å²) in [5.41, 5.74) is 2.20. The molecule has 0 spiro atoms. The van der Waals surface area contributed by atoms with Gasteiger partial charge in [0.2, 0.25) is 0 Å². The van der Waals surface area contributed by atoms with Crippen molar-refractivity contribution in [2.45, 2.75) is 6.42 Å². The lowest BCUT2D eigenvalue weighted by atomic mass is 10.1. The topological polar surface area (TPSA) is 30.0 Å². The lowest BCUT2D eigenvalue weighted by molar-refractivity contribution is 0.0996. The second-order valence-electron chi connectivity index (χ2n) is 3.21. The fourth-order valence-electron chi connectivity index (χ4n) is 1.28. The van der Waals surface area contributed by atoms with Crippen LogP contribution >= 0.6 is 22.9 Å². The number of carbonyl (C=O) groups excluding carboxylic acids is 1. The van der Waals surface area contributed by atoms with Crippen molar-refractivity contribution in [2.75, 3.05) is 0 Å². The maximum atomic E-state index is 13.1. The molecule has 0 aliphatic rings. The van der Waals surface area contributed by atoms with Gasteiger partial charge in [-0.1, -0.05) is 17.7 Å². The van der Waals surface area contributed by atoms with Crippen LogP contribution in [0.1, 0.15) is 15.2 Å². The van der Waals surface area contributed by atoms with Crippen LogP contribution in [0.5, 0.6) is 0 Å². The predicted octanol–water partition coefficient (Wildman–Crippen LogP) is 3.36. The highest BCUT2D eigenvalue weighted by Gasteiger charge is 2.10. The number of hydrogen-bond acceptors (Lipinski definition) is 3. The van der Waals surface area contributed by atoms with Crippen LogP contribution in [0.3, 0.4) is 0 Å². The van der Waals surface area contributed by atoms with E-state index in [9.17, 15) is 9.18 Å². The van der Waals surface area contributed by atoms with E-state index >= 15 is 0 Å². The maximum Gasteiger partial charge on any atom is 0.178 e. The Kier molecular flexibility index (Phi) is 3.31. The second-order valence-corrected chi connectivity index (χ2v) is 4.51. The van der Waals surface area contributed by atoms with Crippen molar-refractivity contribution in [3.05, 3.63) is 51.2 Å². The van der Waals surface area contributed by atoms with Crippen LogP contribution in [0.4, 0.5) is 4.39 Å². The molecule has 0 saturated carbocycles. The Morgan fingerprint density at radius 3 is 2.94 bits per heavy atom. The maximum absolute atomic E-state index is 13.1. The fraction of sp³-hybridized carbons (Fsp3) is 0.0909. The van der Waals surface area contributed by atoms with Gasteiger partial charge in [0.15, 0.2) is 5.78 Å². The van der Waals surface area contributed by atoms with Crippen LogP contribution in [0.15, 0.2) is 29.9 Å². The number of carbonyl (C=O) groups is 1. The van der Waals surface area contributed by atoms with Crippen molar-refractivity contribution in [1.82, 2.24) is 4.98 Å². The summed E-state index contributed by atoms with van der Waals surface area (Å²) in [5, 5.41) is 0.0639. The van der Waals surface area contributed by atoms with E-state index in [1.54, 1.807) is 11.6 Å². The van der Waals surface area contributed by atoms with Gasteiger partial charge in [0.25, 0.3) is 0 Å². The first kappa shape index (κ1) is 11.2. The molecule has 0 unspecified atom stereocenters. The number of Topliss-reactive ketones (excluding diaryl/α,β-unsaturated/α-hetero) is 1. The molecule has 16 heavy (non-hydrogen) atoms. The number of ketones is 1. The minimum absolute atomic E-state index is 0.0639. The first-order valence-corrected chi connectivity index (χ1v) is 5.78. The minimum Gasteiger partial charge on any atom is -0.293 e. The van der Waals surface area contributed by atoms with E-state index in [1.165, 1.54) is 29.7 Å². The highest BCUT2D eigenvalue weighted by molar-refractivity contribution is 7.11. The number of aromatic nitrogens is 1. The molecule has 0 atom stereocenters. The smallest absolute Gasteiger partial charge is 0.178 e. The molecule has 2 nitrogen and oxygen atoms in total. The predicted molar refractivity (Wildman–Crippen MR) is 61.6 cm³/mol. The molecule has 5 heteroatoms. The molecular formula is C11H7ClFNOS. The molecular weight excluding hydrogens is 249 g/mol. The molecule has 0 saturated heterocycles. The van der Waals surface area contributed by atoms with Gasteiger partial charge in [0.05, 0.1) is 15.4 Å². The van der Waals surface area contributed by atoms with E-state index in [1.807, 2.05) is 0 Å². The molecule has 1 heterocycles. The zero-order valence-corrected chi connectivity index (χ0v) is 9.69. The third-order valence-electron chi connectivity index (χ3n) is 2.06. The molecule has 2 rings (SSSR count). The molecule has 2 aromatic rings. The third-order valence-corrected chi connectivity index (χ3v) is 3.18. The summed E-state index contributed by atoms with van der Waals surface area (Å²) in [5.74, 6) is -0.569. The summed E-state index contributed by atoms with van der Waals surface area (Å²) in [7, 11) is 0. The quantitative estimate of drug-likeness (QED) is 0.787. The number of thiazole rings is 1. The van der Waals surface area contributed by atoms with E-state index in [2.05, 4.69) is 4.98 Å². The van der Waals surface area contributed by atoms with Gasteiger partial charge in [-0.15, -0.1) is 11.3 Å². The van der Waals surface area contributed by atoms with Crippen molar-refractivity contribution in [2.24, 2.45) is 0 Å². The van der Waals surface area contributed by atoms with Gasteiger partial charge in [-0.2, -0.15) is 0 Å². The molecule has 0 aliphatic heterocycles. The van der Waals surface area contributed by atoms with Crippen molar-refractivity contribution < 1.29 is 9.18 Å². The lowest BCUT2D eigenvalue weighted by Crippen LogP contribution is -2.01. The number of hydrogen-bond donors (Lipinski definition) is 0. The zero-order valence-electron chi connectivity index (χ0n) is 8.11. The van der Waals surface area contributed by atoms with Crippen molar-refractivity contribution in [1.29, 1.82) is 0 Å². The van der Waals surface area contributed by atoms with E-state index < -0.39 is 5.82 Å². The highest BCUT2D eigenvalue weighted by atomic mass is 35.5. The van der Waals surface area contributed by atoms with E-state index in [4.69, 9.17) is 11.6 Å². The Hall–Kier alpha value is -1.26. The molecule has 0 radical (unpaired) electrons. The number of rotatable bonds is 3. The summed E-state index contributed by atoms with van der Waals surface area (Å²) in [6, 6.07) is 4.37. The Bertz CT molecular complexity index is 513. The molecule has 0 amide bonds. The summed E-state index contributed by atoms with van der Waals surface area (Å²) >= 11 is 6.83. The zero-order chi connectivity index (χ0) is 11.5. The van der Waals surface area contributed by atoms with Crippen LogP contribution in [0, 0.1) is 5.82 Å². The molecule has 1 aromatic heterocycles. The third kappa shape index (κ3) is 2.46. The molecule has 0 bridgehead atoms. The van der Waals surface area contributed by atoms with Crippen LogP contribution in [-0.4, -0.2) is 10.8 Å². The lowest BCUT2D eigenvalue weighted by Gasteiger charge is -2.00. The van der Waals surface area contributed by atoms with Gasteiger partial charge in [0.1, 0.15) is 5.82 Å². The van der Waals surface area contributed by atoms with Crippen molar-refractivity contribution in [3.8, 4) is 0 Å².